The maximum atomic E-state index is 12.3. The van der Waals surface area contributed by atoms with Crippen LogP contribution in [0.3, 0.4) is 0 Å². The zero-order chi connectivity index (χ0) is 18.4. The molecule has 0 aliphatic carbocycles. The second kappa shape index (κ2) is 8.69. The number of aryl methyl sites for hydroxylation is 2. The number of hydrogen-bond donors (Lipinski definition) is 2. The third-order valence-electron chi connectivity index (χ3n) is 4.75. The van der Waals surface area contributed by atoms with Crippen LogP contribution in [0.1, 0.15) is 43.6 Å². The van der Waals surface area contributed by atoms with E-state index in [0.717, 1.165) is 50.6 Å². The van der Waals surface area contributed by atoms with E-state index in [9.17, 15) is 4.79 Å². The molecule has 1 aliphatic rings. The molecule has 140 valence electrons. The van der Waals surface area contributed by atoms with E-state index in [1.165, 1.54) is 5.56 Å². The molecular formula is C19H28N6O. The topological polar surface area (TPSA) is 76.2 Å². The summed E-state index contributed by atoms with van der Waals surface area (Å²) in [5.41, 5.74) is 1.24. The highest BCUT2D eigenvalue weighted by Crippen LogP contribution is 2.11. The smallest absolute Gasteiger partial charge is 0.345 e. The largest absolute Gasteiger partial charge is 0.356 e. The van der Waals surface area contributed by atoms with E-state index >= 15 is 0 Å². The van der Waals surface area contributed by atoms with Crippen molar-refractivity contribution in [3.05, 3.63) is 52.2 Å². The fourth-order valence-electron chi connectivity index (χ4n) is 3.25. The molecule has 2 aromatic rings. The van der Waals surface area contributed by atoms with Gasteiger partial charge in [-0.05, 0) is 31.7 Å². The van der Waals surface area contributed by atoms with Crippen molar-refractivity contribution in [2.45, 2.75) is 51.7 Å². The van der Waals surface area contributed by atoms with E-state index in [1.54, 1.807) is 11.7 Å². The third-order valence-corrected chi connectivity index (χ3v) is 4.75. The minimum Gasteiger partial charge on any atom is -0.356 e. The van der Waals surface area contributed by atoms with Gasteiger partial charge in [-0.3, -0.25) is 9.56 Å². The zero-order valence-corrected chi connectivity index (χ0v) is 15.6. The predicted molar refractivity (Wildman–Crippen MR) is 103 cm³/mol. The molecule has 1 atom stereocenters. The summed E-state index contributed by atoms with van der Waals surface area (Å²) < 4.78 is 3.42. The number of benzene rings is 1. The van der Waals surface area contributed by atoms with Crippen molar-refractivity contribution in [3.8, 4) is 0 Å². The molecule has 7 nitrogen and oxygen atoms in total. The second-order valence-corrected chi connectivity index (χ2v) is 6.66. The Bertz CT molecular complexity index is 792. The fourth-order valence-corrected chi connectivity index (χ4v) is 3.25. The van der Waals surface area contributed by atoms with Gasteiger partial charge in [0.1, 0.15) is 5.82 Å². The van der Waals surface area contributed by atoms with Gasteiger partial charge in [0.25, 0.3) is 0 Å². The first-order valence-electron chi connectivity index (χ1n) is 9.37. The standard InChI is InChI=1S/C19H28N6O/c1-15(16-9-4-3-5-10-16)22-18(20-2)21-12-8-14-25-19(26)24-13-7-6-11-17(24)23-25/h3-5,9-10,15H,6-8,11-14H2,1-2H3,(H2,20,21,22). The van der Waals surface area contributed by atoms with Crippen molar-refractivity contribution in [1.82, 2.24) is 25.0 Å². The number of aromatic nitrogens is 3. The number of nitrogens with one attached hydrogen (secondary N) is 2. The van der Waals surface area contributed by atoms with Crippen molar-refractivity contribution in [1.29, 1.82) is 0 Å². The second-order valence-electron chi connectivity index (χ2n) is 6.66. The summed E-state index contributed by atoms with van der Waals surface area (Å²) in [5.74, 6) is 1.70. The lowest BCUT2D eigenvalue weighted by Gasteiger charge is -2.18. The maximum absolute atomic E-state index is 12.3. The van der Waals surface area contributed by atoms with Gasteiger partial charge in [-0.1, -0.05) is 30.3 Å². The van der Waals surface area contributed by atoms with Gasteiger partial charge in [0.05, 0.1) is 6.04 Å². The van der Waals surface area contributed by atoms with Gasteiger partial charge in [-0.15, -0.1) is 0 Å². The van der Waals surface area contributed by atoms with Gasteiger partial charge in [0.2, 0.25) is 0 Å². The molecule has 0 fully saturated rings. The molecule has 2 heterocycles. The molecule has 1 aliphatic heterocycles. The number of hydrogen-bond acceptors (Lipinski definition) is 3. The lowest BCUT2D eigenvalue weighted by Crippen LogP contribution is -2.39. The Hall–Kier alpha value is -2.57. The zero-order valence-electron chi connectivity index (χ0n) is 15.6. The third kappa shape index (κ3) is 4.33. The molecule has 0 amide bonds. The Morgan fingerprint density at radius 3 is 2.85 bits per heavy atom. The minimum absolute atomic E-state index is 0.0277. The summed E-state index contributed by atoms with van der Waals surface area (Å²) >= 11 is 0. The van der Waals surface area contributed by atoms with E-state index in [0.29, 0.717) is 6.54 Å². The summed E-state index contributed by atoms with van der Waals surface area (Å²) in [6, 6.07) is 10.4. The monoisotopic (exact) mass is 356 g/mol. The van der Waals surface area contributed by atoms with E-state index < -0.39 is 0 Å². The quantitative estimate of drug-likeness (QED) is 0.469. The summed E-state index contributed by atoms with van der Waals surface area (Å²) in [5, 5.41) is 11.2. The lowest BCUT2D eigenvalue weighted by molar-refractivity contribution is 0.509. The highest BCUT2D eigenvalue weighted by atomic mass is 16.2. The molecule has 0 saturated heterocycles. The van der Waals surface area contributed by atoms with Gasteiger partial charge in [-0.2, -0.15) is 5.10 Å². The Kier molecular flexibility index (Phi) is 6.09. The molecule has 1 unspecified atom stereocenters. The minimum atomic E-state index is 0.0277. The normalized spacial score (nSPS) is 15.4. The first-order valence-corrected chi connectivity index (χ1v) is 9.37. The lowest BCUT2D eigenvalue weighted by atomic mass is 10.1. The van der Waals surface area contributed by atoms with Crippen molar-refractivity contribution < 1.29 is 0 Å². The molecular weight excluding hydrogens is 328 g/mol. The van der Waals surface area contributed by atoms with Crippen molar-refractivity contribution >= 4 is 5.96 Å². The van der Waals surface area contributed by atoms with Crippen LogP contribution >= 0.6 is 0 Å². The SMILES string of the molecule is CN=C(NCCCn1nc2n(c1=O)CCCC2)NC(C)c1ccccc1. The average Bonchev–Trinajstić information content (AvgIpc) is 3.01. The van der Waals surface area contributed by atoms with Gasteiger partial charge in [0, 0.05) is 33.1 Å². The first kappa shape index (κ1) is 18.2. The highest BCUT2D eigenvalue weighted by Gasteiger charge is 2.16. The fraction of sp³-hybridized carbons (Fsp3) is 0.526. The molecule has 0 saturated carbocycles. The maximum Gasteiger partial charge on any atom is 0.345 e. The molecule has 7 heteroatoms. The average molecular weight is 356 g/mol. The van der Waals surface area contributed by atoms with Crippen molar-refractivity contribution in [2.24, 2.45) is 4.99 Å². The Balaban J connectivity index is 1.46. The van der Waals surface area contributed by atoms with Crippen LogP contribution in [0, 0.1) is 0 Å². The van der Waals surface area contributed by atoms with E-state index in [4.69, 9.17) is 0 Å². The number of nitrogens with zero attached hydrogens (tertiary/aromatic N) is 4. The molecule has 1 aromatic carbocycles. The van der Waals surface area contributed by atoms with Gasteiger partial charge in [0.15, 0.2) is 5.96 Å². The number of rotatable bonds is 6. The van der Waals surface area contributed by atoms with Crippen molar-refractivity contribution in [2.75, 3.05) is 13.6 Å². The molecule has 0 radical (unpaired) electrons. The summed E-state index contributed by atoms with van der Waals surface area (Å²) in [6.45, 7) is 4.27. The van der Waals surface area contributed by atoms with Crippen LogP contribution in [-0.4, -0.2) is 33.9 Å². The molecule has 1 aromatic heterocycles. The molecule has 26 heavy (non-hydrogen) atoms. The van der Waals surface area contributed by atoms with Crippen LogP contribution in [0.2, 0.25) is 0 Å². The Morgan fingerprint density at radius 1 is 1.31 bits per heavy atom. The van der Waals surface area contributed by atoms with Gasteiger partial charge < -0.3 is 10.6 Å². The molecule has 3 rings (SSSR count). The van der Waals surface area contributed by atoms with Crippen LogP contribution in [0.5, 0.6) is 0 Å². The van der Waals surface area contributed by atoms with Crippen LogP contribution in [0.15, 0.2) is 40.1 Å². The van der Waals surface area contributed by atoms with Gasteiger partial charge >= 0.3 is 5.69 Å². The van der Waals surface area contributed by atoms with Crippen LogP contribution in [0.4, 0.5) is 0 Å². The number of fused-ring (bicyclic) bond motifs is 1. The Morgan fingerprint density at radius 2 is 2.12 bits per heavy atom. The summed E-state index contributed by atoms with van der Waals surface area (Å²) in [6.07, 6.45) is 3.92. The van der Waals surface area contributed by atoms with Crippen LogP contribution in [0.25, 0.3) is 0 Å². The van der Waals surface area contributed by atoms with Crippen molar-refractivity contribution in [3.63, 3.8) is 0 Å². The highest BCUT2D eigenvalue weighted by molar-refractivity contribution is 5.80. The number of aliphatic imine (C=N–C) groups is 1. The van der Waals surface area contributed by atoms with E-state index in [-0.39, 0.29) is 11.7 Å². The molecule has 0 bridgehead atoms. The number of guanidine groups is 1. The summed E-state index contributed by atoms with van der Waals surface area (Å²) in [4.78, 5) is 16.6. The van der Waals surface area contributed by atoms with Crippen LogP contribution < -0.4 is 16.3 Å². The van der Waals surface area contributed by atoms with E-state index in [1.807, 2.05) is 22.8 Å². The van der Waals surface area contributed by atoms with E-state index in [2.05, 4.69) is 39.8 Å². The van der Waals surface area contributed by atoms with Gasteiger partial charge in [-0.25, -0.2) is 9.48 Å². The molecule has 0 spiro atoms. The first-order chi connectivity index (χ1) is 12.7. The predicted octanol–water partition coefficient (Wildman–Crippen LogP) is 1.70. The summed E-state index contributed by atoms with van der Waals surface area (Å²) in [7, 11) is 1.76. The van der Waals surface area contributed by atoms with Crippen LogP contribution in [-0.2, 0) is 19.5 Å². The Labute approximate surface area is 154 Å². The molecule has 2 N–H and O–H groups in total.